The number of hydrogen-bond acceptors (Lipinski definition) is 3. The lowest BCUT2D eigenvalue weighted by Gasteiger charge is -2.14. The highest BCUT2D eigenvalue weighted by Gasteiger charge is 2.46. The first-order valence-electron chi connectivity index (χ1n) is 4.71. The second kappa shape index (κ2) is 4.24. The number of halogens is 5. The van der Waals surface area contributed by atoms with Crippen molar-refractivity contribution in [2.24, 2.45) is 0 Å². The van der Waals surface area contributed by atoms with Crippen LogP contribution in [0, 0.1) is 0 Å². The molecule has 0 saturated carbocycles. The minimum absolute atomic E-state index is 0.0298. The van der Waals surface area contributed by atoms with E-state index >= 15 is 0 Å². The highest BCUT2D eigenvalue weighted by atomic mass is 35.5. The molecule has 0 aliphatic rings. The standard InChI is InChI=1S/C10H6ClF4N3/c11-4-1-2-6-5(3-4)7(16)18-9(17-6)10(14,15)8(12)13/h1-3,8H,(H2,16,17,18). The van der Waals surface area contributed by atoms with E-state index in [4.69, 9.17) is 17.3 Å². The fourth-order valence-corrected chi connectivity index (χ4v) is 1.54. The monoisotopic (exact) mass is 279 g/mol. The zero-order valence-electron chi connectivity index (χ0n) is 8.67. The van der Waals surface area contributed by atoms with Crippen molar-refractivity contribution in [3.05, 3.63) is 29.0 Å². The number of hydrogen-bond donors (Lipinski definition) is 1. The van der Waals surface area contributed by atoms with Crippen molar-refractivity contribution in [1.82, 2.24) is 9.97 Å². The predicted octanol–water partition coefficient (Wildman–Crippen LogP) is 3.22. The Morgan fingerprint density at radius 1 is 1.22 bits per heavy atom. The number of nitrogen functional groups attached to an aromatic ring is 1. The first-order valence-corrected chi connectivity index (χ1v) is 5.09. The third kappa shape index (κ3) is 2.05. The van der Waals surface area contributed by atoms with Crippen molar-refractivity contribution < 1.29 is 17.6 Å². The van der Waals surface area contributed by atoms with Gasteiger partial charge < -0.3 is 5.73 Å². The smallest absolute Gasteiger partial charge is 0.365 e. The summed E-state index contributed by atoms with van der Waals surface area (Å²) in [6.45, 7) is 0. The SMILES string of the molecule is Nc1nc(C(F)(F)C(F)F)nc2ccc(Cl)cc12. The molecule has 0 amide bonds. The summed E-state index contributed by atoms with van der Waals surface area (Å²) in [5.74, 6) is -6.07. The lowest BCUT2D eigenvalue weighted by molar-refractivity contribution is -0.140. The van der Waals surface area contributed by atoms with Gasteiger partial charge in [0.25, 0.3) is 0 Å². The first-order chi connectivity index (χ1) is 8.32. The number of anilines is 1. The quantitative estimate of drug-likeness (QED) is 0.859. The van der Waals surface area contributed by atoms with Crippen LogP contribution in [0.1, 0.15) is 5.82 Å². The summed E-state index contributed by atoms with van der Waals surface area (Å²) >= 11 is 5.69. The molecule has 96 valence electrons. The zero-order chi connectivity index (χ0) is 13.5. The fourth-order valence-electron chi connectivity index (χ4n) is 1.37. The Morgan fingerprint density at radius 2 is 1.89 bits per heavy atom. The van der Waals surface area contributed by atoms with Gasteiger partial charge in [0.1, 0.15) is 5.82 Å². The van der Waals surface area contributed by atoms with Gasteiger partial charge in [-0.25, -0.2) is 18.7 Å². The highest BCUT2D eigenvalue weighted by Crippen LogP contribution is 2.34. The van der Waals surface area contributed by atoms with Crippen LogP contribution in [0.3, 0.4) is 0 Å². The van der Waals surface area contributed by atoms with Gasteiger partial charge in [0.2, 0.25) is 5.82 Å². The maximum Gasteiger partial charge on any atom is 0.365 e. The van der Waals surface area contributed by atoms with E-state index in [0.29, 0.717) is 5.02 Å². The van der Waals surface area contributed by atoms with Crippen LogP contribution in [0.5, 0.6) is 0 Å². The van der Waals surface area contributed by atoms with Crippen LogP contribution >= 0.6 is 11.6 Å². The summed E-state index contributed by atoms with van der Waals surface area (Å²) in [6, 6.07) is 4.07. The van der Waals surface area contributed by atoms with Gasteiger partial charge in [-0.15, -0.1) is 0 Å². The van der Waals surface area contributed by atoms with Gasteiger partial charge in [-0.05, 0) is 18.2 Å². The largest absolute Gasteiger partial charge is 0.383 e. The molecule has 0 unspecified atom stereocenters. The molecular weight excluding hydrogens is 274 g/mol. The van der Waals surface area contributed by atoms with E-state index in [1.165, 1.54) is 18.2 Å². The van der Waals surface area contributed by atoms with E-state index in [2.05, 4.69) is 9.97 Å². The molecule has 0 atom stereocenters. The van der Waals surface area contributed by atoms with Crippen molar-refractivity contribution in [3.8, 4) is 0 Å². The summed E-state index contributed by atoms with van der Waals surface area (Å²) in [6.07, 6.45) is -3.90. The minimum Gasteiger partial charge on any atom is -0.383 e. The number of aromatic nitrogens is 2. The number of alkyl halides is 4. The van der Waals surface area contributed by atoms with E-state index in [1.54, 1.807) is 0 Å². The molecule has 0 radical (unpaired) electrons. The fraction of sp³-hybridized carbons (Fsp3) is 0.200. The molecule has 0 bridgehead atoms. The Bertz CT molecular complexity index is 603. The van der Waals surface area contributed by atoms with E-state index < -0.39 is 18.2 Å². The third-order valence-corrected chi connectivity index (χ3v) is 2.49. The lowest BCUT2D eigenvalue weighted by Crippen LogP contribution is -2.26. The van der Waals surface area contributed by atoms with Crippen molar-refractivity contribution >= 4 is 28.3 Å². The molecule has 1 heterocycles. The summed E-state index contributed by atoms with van der Waals surface area (Å²) in [4.78, 5) is 6.60. The van der Waals surface area contributed by atoms with Crippen LogP contribution in [0.25, 0.3) is 10.9 Å². The second-order valence-corrected chi connectivity index (χ2v) is 3.95. The number of nitrogens with two attached hydrogens (primary N) is 1. The van der Waals surface area contributed by atoms with E-state index in [-0.39, 0.29) is 16.7 Å². The van der Waals surface area contributed by atoms with Crippen molar-refractivity contribution in [1.29, 1.82) is 0 Å². The third-order valence-electron chi connectivity index (χ3n) is 2.26. The van der Waals surface area contributed by atoms with Gasteiger partial charge in [-0.2, -0.15) is 8.78 Å². The van der Waals surface area contributed by atoms with Crippen molar-refractivity contribution in [2.75, 3.05) is 5.73 Å². The van der Waals surface area contributed by atoms with Crippen molar-refractivity contribution in [2.45, 2.75) is 12.3 Å². The summed E-state index contributed by atoms with van der Waals surface area (Å²) < 4.78 is 50.6. The summed E-state index contributed by atoms with van der Waals surface area (Å²) in [5.41, 5.74) is 5.46. The van der Waals surface area contributed by atoms with Gasteiger partial charge in [0.15, 0.2) is 0 Å². The molecule has 18 heavy (non-hydrogen) atoms. The van der Waals surface area contributed by atoms with Crippen LogP contribution in [0.4, 0.5) is 23.4 Å². The normalized spacial score (nSPS) is 12.3. The van der Waals surface area contributed by atoms with E-state index in [9.17, 15) is 17.6 Å². The first kappa shape index (κ1) is 12.8. The Hall–Kier alpha value is -1.63. The molecule has 3 nitrogen and oxygen atoms in total. The molecule has 2 aromatic rings. The molecule has 2 N–H and O–H groups in total. The molecule has 0 spiro atoms. The Kier molecular flexibility index (Phi) is 3.02. The molecule has 1 aromatic carbocycles. The van der Waals surface area contributed by atoms with Crippen LogP contribution < -0.4 is 5.73 Å². The highest BCUT2D eigenvalue weighted by molar-refractivity contribution is 6.31. The minimum atomic E-state index is -4.44. The maximum absolute atomic E-state index is 13.1. The van der Waals surface area contributed by atoms with Gasteiger partial charge >= 0.3 is 12.3 Å². The van der Waals surface area contributed by atoms with E-state index in [1.807, 2.05) is 0 Å². The van der Waals surface area contributed by atoms with Crippen LogP contribution in [0.15, 0.2) is 18.2 Å². The van der Waals surface area contributed by atoms with Crippen LogP contribution in [-0.4, -0.2) is 16.4 Å². The average molecular weight is 280 g/mol. The second-order valence-electron chi connectivity index (χ2n) is 3.52. The lowest BCUT2D eigenvalue weighted by atomic mass is 10.2. The number of rotatable bonds is 2. The van der Waals surface area contributed by atoms with Gasteiger partial charge in [0.05, 0.1) is 5.52 Å². The van der Waals surface area contributed by atoms with Crippen LogP contribution in [0.2, 0.25) is 5.02 Å². The number of benzene rings is 1. The Labute approximate surface area is 104 Å². The average Bonchev–Trinajstić information content (AvgIpc) is 2.29. The molecule has 2 rings (SSSR count). The molecule has 0 aliphatic heterocycles. The van der Waals surface area contributed by atoms with Gasteiger partial charge in [-0.3, -0.25) is 0 Å². The Morgan fingerprint density at radius 3 is 2.50 bits per heavy atom. The molecule has 0 fully saturated rings. The van der Waals surface area contributed by atoms with E-state index in [0.717, 1.165) is 0 Å². The maximum atomic E-state index is 13.1. The van der Waals surface area contributed by atoms with Gasteiger partial charge in [0, 0.05) is 10.4 Å². The zero-order valence-corrected chi connectivity index (χ0v) is 9.43. The molecule has 8 heteroatoms. The number of nitrogens with zero attached hydrogens (tertiary/aromatic N) is 2. The molecule has 0 saturated heterocycles. The molecule has 1 aromatic heterocycles. The molecule has 0 aliphatic carbocycles. The van der Waals surface area contributed by atoms with Crippen LogP contribution in [-0.2, 0) is 5.92 Å². The van der Waals surface area contributed by atoms with Gasteiger partial charge in [-0.1, -0.05) is 11.6 Å². The summed E-state index contributed by atoms with van der Waals surface area (Å²) in [5, 5.41) is 0.544. The summed E-state index contributed by atoms with van der Waals surface area (Å²) in [7, 11) is 0. The topological polar surface area (TPSA) is 51.8 Å². The van der Waals surface area contributed by atoms with Crippen molar-refractivity contribution in [3.63, 3.8) is 0 Å². The molecular formula is C10H6ClF4N3. The Balaban J connectivity index is 2.67. The number of fused-ring (bicyclic) bond motifs is 1. The predicted molar refractivity (Wildman–Crippen MR) is 58.9 cm³/mol.